The van der Waals surface area contributed by atoms with E-state index >= 15 is 0 Å². The van der Waals surface area contributed by atoms with Crippen LogP contribution in [0.15, 0.2) is 46.2 Å². The maximum absolute atomic E-state index is 12.4. The van der Waals surface area contributed by atoms with Crippen molar-refractivity contribution in [3.8, 4) is 0 Å². The van der Waals surface area contributed by atoms with Crippen molar-refractivity contribution < 1.29 is 4.79 Å². The number of hydrogen-bond acceptors (Lipinski definition) is 3. The van der Waals surface area contributed by atoms with Crippen molar-refractivity contribution in [3.63, 3.8) is 0 Å². The summed E-state index contributed by atoms with van der Waals surface area (Å²) in [5.74, 6) is -0.148. The predicted octanol–water partition coefficient (Wildman–Crippen LogP) is 5.57. The van der Waals surface area contributed by atoms with Crippen LogP contribution in [0.5, 0.6) is 0 Å². The van der Waals surface area contributed by atoms with Crippen molar-refractivity contribution >= 4 is 63.4 Å². The van der Waals surface area contributed by atoms with E-state index in [0.29, 0.717) is 27.3 Å². The second kappa shape index (κ2) is 8.76. The highest BCUT2D eigenvalue weighted by Crippen LogP contribution is 2.39. The average Bonchev–Trinajstić information content (AvgIpc) is 3.01. The number of rotatable bonds is 6. The first kappa shape index (κ1) is 20.4. The molecule has 0 radical (unpaired) electrons. The maximum atomic E-state index is 12.4. The molecule has 3 rings (SSSR count). The first-order chi connectivity index (χ1) is 12.8. The van der Waals surface area contributed by atoms with E-state index in [-0.39, 0.29) is 5.91 Å². The largest absolute Gasteiger partial charge is 0.350 e. The highest BCUT2D eigenvalue weighted by Gasteiger charge is 2.14. The number of fused-ring (bicyclic) bond motifs is 1. The lowest BCUT2D eigenvalue weighted by molar-refractivity contribution is 0.0947. The van der Waals surface area contributed by atoms with Crippen molar-refractivity contribution in [1.82, 2.24) is 15.2 Å². The lowest BCUT2D eigenvalue weighted by atomic mass is 10.2. The van der Waals surface area contributed by atoms with Crippen molar-refractivity contribution in [2.24, 2.45) is 0 Å². The van der Waals surface area contributed by atoms with Crippen molar-refractivity contribution in [1.29, 1.82) is 0 Å². The first-order valence-electron chi connectivity index (χ1n) is 8.21. The zero-order chi connectivity index (χ0) is 19.6. The van der Waals surface area contributed by atoms with Gasteiger partial charge in [0.25, 0.3) is 5.91 Å². The summed E-state index contributed by atoms with van der Waals surface area (Å²) in [5.41, 5.74) is 1.29. The van der Waals surface area contributed by atoms with Gasteiger partial charge in [-0.2, -0.15) is 0 Å². The summed E-state index contributed by atoms with van der Waals surface area (Å²) in [5, 5.41) is 5.54. The Bertz CT molecular complexity index is 988. The van der Waals surface area contributed by atoms with E-state index < -0.39 is 0 Å². The zero-order valence-corrected chi connectivity index (χ0v) is 17.9. The van der Waals surface area contributed by atoms with Gasteiger partial charge in [0.2, 0.25) is 0 Å². The number of carbonyl (C=O) groups is 1. The van der Waals surface area contributed by atoms with Crippen LogP contribution in [0.1, 0.15) is 10.5 Å². The lowest BCUT2D eigenvalue weighted by Gasteiger charge is -2.09. The summed E-state index contributed by atoms with van der Waals surface area (Å²) in [7, 11) is 3.92. The number of aromatic nitrogens is 1. The van der Waals surface area contributed by atoms with Crippen molar-refractivity contribution in [2.75, 3.05) is 27.2 Å². The minimum absolute atomic E-state index is 0.148. The SMILES string of the molecule is CN(C)CCNC(=O)c1cc2c(Sc3ccc(Cl)cc3Cl)cc(Cl)cc2[nH]1. The third kappa shape index (κ3) is 5.12. The van der Waals surface area contributed by atoms with Crippen LogP contribution in [0.2, 0.25) is 15.1 Å². The fourth-order valence-corrected chi connectivity index (χ4v) is 4.34. The molecule has 0 saturated carbocycles. The average molecular weight is 443 g/mol. The van der Waals surface area contributed by atoms with Gasteiger partial charge < -0.3 is 15.2 Å². The van der Waals surface area contributed by atoms with Gasteiger partial charge in [0, 0.05) is 43.8 Å². The van der Waals surface area contributed by atoms with E-state index in [0.717, 1.165) is 27.2 Å². The number of H-pyrrole nitrogens is 1. The molecule has 0 unspecified atom stereocenters. The quantitative estimate of drug-likeness (QED) is 0.524. The molecule has 0 aliphatic heterocycles. The van der Waals surface area contributed by atoms with E-state index in [1.165, 1.54) is 11.8 Å². The Labute approximate surface area is 177 Å². The zero-order valence-electron chi connectivity index (χ0n) is 14.8. The molecule has 1 heterocycles. The molecule has 27 heavy (non-hydrogen) atoms. The van der Waals surface area contributed by atoms with Gasteiger partial charge in [0.05, 0.1) is 5.02 Å². The van der Waals surface area contributed by atoms with Gasteiger partial charge in [-0.3, -0.25) is 4.79 Å². The Morgan fingerprint density at radius 1 is 1.07 bits per heavy atom. The van der Waals surface area contributed by atoms with Crippen molar-refractivity contribution in [2.45, 2.75) is 9.79 Å². The third-order valence-electron chi connectivity index (χ3n) is 3.87. The molecule has 0 atom stereocenters. The third-order valence-corrected chi connectivity index (χ3v) is 5.88. The number of nitrogens with zero attached hydrogens (tertiary/aromatic N) is 1. The van der Waals surface area contributed by atoms with E-state index in [2.05, 4.69) is 10.3 Å². The molecule has 4 nitrogen and oxygen atoms in total. The number of benzene rings is 2. The van der Waals surface area contributed by atoms with Crippen LogP contribution in [0, 0.1) is 0 Å². The van der Waals surface area contributed by atoms with Crippen LogP contribution in [0.25, 0.3) is 10.9 Å². The van der Waals surface area contributed by atoms with Gasteiger partial charge >= 0.3 is 0 Å². The number of aromatic amines is 1. The predicted molar refractivity (Wildman–Crippen MR) is 115 cm³/mol. The summed E-state index contributed by atoms with van der Waals surface area (Å²) in [6.07, 6.45) is 0. The second-order valence-corrected chi connectivity index (χ2v) is 8.65. The number of hydrogen-bond donors (Lipinski definition) is 2. The van der Waals surface area contributed by atoms with E-state index in [9.17, 15) is 4.79 Å². The summed E-state index contributed by atoms with van der Waals surface area (Å²) in [4.78, 5) is 19.3. The first-order valence-corrected chi connectivity index (χ1v) is 10.2. The molecule has 0 bridgehead atoms. The monoisotopic (exact) mass is 441 g/mol. The molecular weight excluding hydrogens is 425 g/mol. The van der Waals surface area contributed by atoms with Gasteiger partial charge in [-0.1, -0.05) is 46.6 Å². The molecule has 142 valence electrons. The smallest absolute Gasteiger partial charge is 0.267 e. The number of amides is 1. The van der Waals surface area contributed by atoms with Gasteiger partial charge in [0.15, 0.2) is 0 Å². The number of carbonyl (C=O) groups excluding carboxylic acids is 1. The molecule has 0 saturated heterocycles. The Kier molecular flexibility index (Phi) is 6.61. The maximum Gasteiger partial charge on any atom is 0.267 e. The Balaban J connectivity index is 1.89. The molecule has 0 spiro atoms. The van der Waals surface area contributed by atoms with E-state index in [4.69, 9.17) is 34.8 Å². The van der Waals surface area contributed by atoms with Crippen LogP contribution in [-0.4, -0.2) is 43.0 Å². The Hall–Kier alpha value is -1.37. The molecule has 3 aromatic rings. The summed E-state index contributed by atoms with van der Waals surface area (Å²) in [6, 6.07) is 10.9. The fraction of sp³-hybridized carbons (Fsp3) is 0.211. The second-order valence-electron chi connectivity index (χ2n) is 6.28. The van der Waals surface area contributed by atoms with Crippen LogP contribution in [0.3, 0.4) is 0 Å². The number of nitrogens with one attached hydrogen (secondary N) is 2. The van der Waals surface area contributed by atoms with Crippen LogP contribution < -0.4 is 5.32 Å². The normalized spacial score (nSPS) is 11.3. The number of likely N-dealkylation sites (N-methyl/N-ethyl adjacent to an activating group) is 1. The van der Waals surface area contributed by atoms with Crippen LogP contribution in [0.4, 0.5) is 0 Å². The molecule has 8 heteroatoms. The highest BCUT2D eigenvalue weighted by molar-refractivity contribution is 7.99. The van der Waals surface area contributed by atoms with Crippen molar-refractivity contribution in [3.05, 3.63) is 57.2 Å². The number of halogens is 3. The summed E-state index contributed by atoms with van der Waals surface area (Å²) < 4.78 is 0. The van der Waals surface area contributed by atoms with Gasteiger partial charge in [-0.15, -0.1) is 0 Å². The van der Waals surface area contributed by atoms with Crippen LogP contribution in [-0.2, 0) is 0 Å². The molecule has 1 amide bonds. The standard InChI is InChI=1S/C19H18Cl3N3OS/c1-25(2)6-5-23-19(26)16-10-13-15(24-16)8-12(21)9-18(13)27-17-4-3-11(20)7-14(17)22/h3-4,7-10,24H,5-6H2,1-2H3,(H,23,26). The highest BCUT2D eigenvalue weighted by atomic mass is 35.5. The topological polar surface area (TPSA) is 48.1 Å². The molecule has 0 fully saturated rings. The van der Waals surface area contributed by atoms with Gasteiger partial charge in [-0.25, -0.2) is 0 Å². The molecule has 0 aliphatic rings. The minimum Gasteiger partial charge on any atom is -0.350 e. The lowest BCUT2D eigenvalue weighted by Crippen LogP contribution is -2.31. The Morgan fingerprint density at radius 3 is 2.56 bits per heavy atom. The van der Waals surface area contributed by atoms with E-state index in [1.807, 2.05) is 37.2 Å². The molecular formula is C19H18Cl3N3OS. The van der Waals surface area contributed by atoms with E-state index in [1.54, 1.807) is 18.2 Å². The van der Waals surface area contributed by atoms with Crippen LogP contribution >= 0.6 is 46.6 Å². The Morgan fingerprint density at radius 2 is 1.85 bits per heavy atom. The van der Waals surface area contributed by atoms with Gasteiger partial charge in [0.1, 0.15) is 5.69 Å². The minimum atomic E-state index is -0.148. The fourth-order valence-electron chi connectivity index (χ4n) is 2.54. The molecule has 0 aliphatic carbocycles. The molecule has 1 aromatic heterocycles. The van der Waals surface area contributed by atoms with Gasteiger partial charge in [-0.05, 0) is 50.5 Å². The summed E-state index contributed by atoms with van der Waals surface area (Å²) >= 11 is 20.0. The summed E-state index contributed by atoms with van der Waals surface area (Å²) in [6.45, 7) is 1.35. The molecule has 2 aromatic carbocycles. The molecule has 2 N–H and O–H groups in total.